The number of aromatic nitrogens is 3. The standard InChI is InChI=1S/C10H10BrF3N4O/c11-7-1-2-8-16-9(17-18(8)5-7)15-3-4-19-6-10(12,13)14/h1-2,5H,3-4,6H2,(H,15,17). The first-order valence-corrected chi connectivity index (χ1v) is 6.14. The molecule has 2 rings (SSSR count). The van der Waals surface area contributed by atoms with Crippen LogP contribution in [0.5, 0.6) is 0 Å². The van der Waals surface area contributed by atoms with Gasteiger partial charge in [0.25, 0.3) is 0 Å². The lowest BCUT2D eigenvalue weighted by atomic mass is 10.5. The molecule has 2 heterocycles. The Morgan fingerprint density at radius 3 is 2.89 bits per heavy atom. The van der Waals surface area contributed by atoms with Crippen molar-refractivity contribution in [2.24, 2.45) is 0 Å². The highest BCUT2D eigenvalue weighted by atomic mass is 79.9. The number of rotatable bonds is 5. The molecule has 5 nitrogen and oxygen atoms in total. The van der Waals surface area contributed by atoms with Gasteiger partial charge in [0.15, 0.2) is 5.65 Å². The van der Waals surface area contributed by atoms with Gasteiger partial charge in [-0.05, 0) is 28.1 Å². The van der Waals surface area contributed by atoms with E-state index in [2.05, 4.69) is 36.1 Å². The molecule has 2 aromatic rings. The second kappa shape index (κ2) is 5.74. The zero-order valence-electron chi connectivity index (χ0n) is 9.62. The van der Waals surface area contributed by atoms with Gasteiger partial charge in [0.2, 0.25) is 5.95 Å². The fourth-order valence-corrected chi connectivity index (χ4v) is 1.68. The van der Waals surface area contributed by atoms with Gasteiger partial charge in [0, 0.05) is 17.2 Å². The Labute approximate surface area is 114 Å². The van der Waals surface area contributed by atoms with E-state index in [0.717, 1.165) is 4.47 Å². The van der Waals surface area contributed by atoms with Crippen LogP contribution in [0.3, 0.4) is 0 Å². The van der Waals surface area contributed by atoms with Crippen molar-refractivity contribution in [2.45, 2.75) is 6.18 Å². The molecule has 9 heteroatoms. The molecule has 0 atom stereocenters. The average Bonchev–Trinajstić information content (AvgIpc) is 2.68. The van der Waals surface area contributed by atoms with Crippen LogP contribution in [0.1, 0.15) is 0 Å². The fraction of sp³-hybridized carbons (Fsp3) is 0.400. The number of halogens is 4. The summed E-state index contributed by atoms with van der Waals surface area (Å²) in [7, 11) is 0. The van der Waals surface area contributed by atoms with E-state index in [-0.39, 0.29) is 13.2 Å². The summed E-state index contributed by atoms with van der Waals surface area (Å²) >= 11 is 3.30. The van der Waals surface area contributed by atoms with Gasteiger partial charge >= 0.3 is 6.18 Å². The quantitative estimate of drug-likeness (QED) is 0.851. The maximum Gasteiger partial charge on any atom is 0.411 e. The van der Waals surface area contributed by atoms with Crippen LogP contribution in [0, 0.1) is 0 Å². The SMILES string of the molecule is FC(F)(F)COCCNc1nc2ccc(Br)cn2n1. The maximum atomic E-state index is 11.8. The second-order valence-electron chi connectivity index (χ2n) is 3.68. The maximum absolute atomic E-state index is 11.8. The molecule has 0 unspecified atom stereocenters. The molecule has 0 aliphatic heterocycles. The Bertz CT molecular complexity index is 557. The third-order valence-electron chi connectivity index (χ3n) is 2.09. The van der Waals surface area contributed by atoms with Crippen LogP contribution < -0.4 is 5.32 Å². The highest BCUT2D eigenvalue weighted by Crippen LogP contribution is 2.14. The Hall–Kier alpha value is -1.35. The highest BCUT2D eigenvalue weighted by Gasteiger charge is 2.27. The Kier molecular flexibility index (Phi) is 4.25. The molecule has 2 aromatic heterocycles. The van der Waals surface area contributed by atoms with Gasteiger partial charge in [-0.3, -0.25) is 0 Å². The molecule has 0 aliphatic carbocycles. The number of fused-ring (bicyclic) bond motifs is 1. The fourth-order valence-electron chi connectivity index (χ4n) is 1.36. The predicted molar refractivity (Wildman–Crippen MR) is 66.1 cm³/mol. The van der Waals surface area contributed by atoms with Crippen molar-refractivity contribution >= 4 is 27.5 Å². The summed E-state index contributed by atoms with van der Waals surface area (Å²) in [5.74, 6) is 0.341. The van der Waals surface area contributed by atoms with Crippen molar-refractivity contribution in [3.8, 4) is 0 Å². The van der Waals surface area contributed by atoms with Crippen molar-refractivity contribution in [1.82, 2.24) is 14.6 Å². The number of nitrogens with one attached hydrogen (secondary N) is 1. The minimum atomic E-state index is -4.30. The topological polar surface area (TPSA) is 51.5 Å². The lowest BCUT2D eigenvalue weighted by Crippen LogP contribution is -2.20. The lowest BCUT2D eigenvalue weighted by Gasteiger charge is -2.07. The Morgan fingerprint density at radius 2 is 2.16 bits per heavy atom. The van der Waals surface area contributed by atoms with Crippen LogP contribution in [-0.4, -0.2) is 40.5 Å². The third kappa shape index (κ3) is 4.35. The summed E-state index contributed by atoms with van der Waals surface area (Å²) < 4.78 is 42.3. The summed E-state index contributed by atoms with van der Waals surface area (Å²) in [6.45, 7) is -1.12. The van der Waals surface area contributed by atoms with E-state index in [1.165, 1.54) is 0 Å². The van der Waals surface area contributed by atoms with Gasteiger partial charge in [-0.15, -0.1) is 5.10 Å². The predicted octanol–water partition coefficient (Wildman–Crippen LogP) is 2.48. The van der Waals surface area contributed by atoms with Crippen molar-refractivity contribution in [1.29, 1.82) is 0 Å². The largest absolute Gasteiger partial charge is 0.411 e. The van der Waals surface area contributed by atoms with Crippen LogP contribution in [0.4, 0.5) is 19.1 Å². The minimum Gasteiger partial charge on any atom is -0.370 e. The number of ether oxygens (including phenoxy) is 1. The van der Waals surface area contributed by atoms with Crippen molar-refractivity contribution in [3.05, 3.63) is 22.8 Å². The monoisotopic (exact) mass is 338 g/mol. The first-order chi connectivity index (χ1) is 8.94. The molecular weight excluding hydrogens is 329 g/mol. The summed E-state index contributed by atoms with van der Waals surface area (Å²) in [5.41, 5.74) is 0.641. The van der Waals surface area contributed by atoms with Gasteiger partial charge in [-0.2, -0.15) is 18.2 Å². The normalized spacial score (nSPS) is 12.0. The zero-order chi connectivity index (χ0) is 13.9. The Morgan fingerprint density at radius 1 is 1.37 bits per heavy atom. The van der Waals surface area contributed by atoms with E-state index in [0.29, 0.717) is 11.6 Å². The van der Waals surface area contributed by atoms with Crippen LogP contribution in [-0.2, 0) is 4.74 Å². The molecule has 0 bridgehead atoms. The molecular formula is C10H10BrF3N4O. The van der Waals surface area contributed by atoms with Gasteiger partial charge < -0.3 is 10.1 Å². The van der Waals surface area contributed by atoms with Crippen molar-refractivity contribution < 1.29 is 17.9 Å². The minimum absolute atomic E-state index is 0.0707. The van der Waals surface area contributed by atoms with E-state index in [4.69, 9.17) is 0 Å². The molecule has 0 radical (unpaired) electrons. The number of alkyl halides is 3. The number of pyridine rings is 1. The lowest BCUT2D eigenvalue weighted by molar-refractivity contribution is -0.172. The van der Waals surface area contributed by atoms with E-state index in [9.17, 15) is 13.2 Å². The van der Waals surface area contributed by atoms with Gasteiger partial charge in [-0.1, -0.05) is 0 Å². The molecule has 0 aliphatic rings. The van der Waals surface area contributed by atoms with Crippen LogP contribution in [0.2, 0.25) is 0 Å². The first kappa shape index (κ1) is 14.1. The van der Waals surface area contributed by atoms with Crippen LogP contribution >= 0.6 is 15.9 Å². The van der Waals surface area contributed by atoms with Gasteiger partial charge in [0.1, 0.15) is 6.61 Å². The molecule has 0 aromatic carbocycles. The van der Waals surface area contributed by atoms with Gasteiger partial charge in [-0.25, -0.2) is 4.52 Å². The van der Waals surface area contributed by atoms with E-state index < -0.39 is 12.8 Å². The van der Waals surface area contributed by atoms with E-state index in [1.807, 2.05) is 6.07 Å². The number of nitrogens with zero attached hydrogens (tertiary/aromatic N) is 3. The summed E-state index contributed by atoms with van der Waals surface area (Å²) in [4.78, 5) is 4.14. The zero-order valence-corrected chi connectivity index (χ0v) is 11.2. The molecule has 1 N–H and O–H groups in total. The third-order valence-corrected chi connectivity index (χ3v) is 2.56. The van der Waals surface area contributed by atoms with Crippen molar-refractivity contribution in [2.75, 3.05) is 25.1 Å². The second-order valence-corrected chi connectivity index (χ2v) is 4.60. The van der Waals surface area contributed by atoms with Crippen LogP contribution in [0.25, 0.3) is 5.65 Å². The smallest absolute Gasteiger partial charge is 0.370 e. The molecule has 0 saturated carbocycles. The molecule has 19 heavy (non-hydrogen) atoms. The van der Waals surface area contributed by atoms with E-state index in [1.54, 1.807) is 16.8 Å². The van der Waals surface area contributed by atoms with Gasteiger partial charge in [0.05, 0.1) is 6.61 Å². The van der Waals surface area contributed by atoms with E-state index >= 15 is 0 Å². The van der Waals surface area contributed by atoms with Crippen LogP contribution in [0.15, 0.2) is 22.8 Å². The molecule has 104 valence electrons. The molecule has 0 amide bonds. The van der Waals surface area contributed by atoms with Crippen molar-refractivity contribution in [3.63, 3.8) is 0 Å². The Balaban J connectivity index is 1.82. The highest BCUT2D eigenvalue weighted by molar-refractivity contribution is 9.10. The molecule has 0 spiro atoms. The summed E-state index contributed by atoms with van der Waals surface area (Å²) in [5, 5.41) is 6.90. The molecule has 0 fully saturated rings. The number of anilines is 1. The number of hydrogen-bond acceptors (Lipinski definition) is 4. The summed E-state index contributed by atoms with van der Waals surface area (Å²) in [6, 6.07) is 3.59. The average molecular weight is 339 g/mol. The number of hydrogen-bond donors (Lipinski definition) is 1. The molecule has 0 saturated heterocycles. The first-order valence-electron chi connectivity index (χ1n) is 5.34. The summed E-state index contributed by atoms with van der Waals surface area (Å²) in [6.07, 6.45) is -2.57.